The number of carbonyl (C=O) groups is 3. The van der Waals surface area contributed by atoms with Crippen LogP contribution in [0.25, 0.3) is 0 Å². The highest BCUT2D eigenvalue weighted by Gasteiger charge is 2.77. The Labute approximate surface area is 246 Å². The van der Waals surface area contributed by atoms with Crippen LogP contribution in [0.2, 0.25) is 0 Å². The van der Waals surface area contributed by atoms with Crippen LogP contribution in [0.1, 0.15) is 71.7 Å². The molecule has 1 aromatic carbocycles. The molecule has 1 aliphatic heterocycles. The minimum Gasteiger partial charge on any atom is -0.458 e. The molecule has 10 heteroatoms. The molecular formula is C32H42O10. The van der Waals surface area contributed by atoms with Crippen LogP contribution in [0.5, 0.6) is 0 Å². The zero-order valence-electron chi connectivity index (χ0n) is 25.2. The molecule has 0 unspecified atom stereocenters. The SMILES string of the molecule is CC(=O)O[C@H]1C[C@@]2(O)[C@@H](OC(=O)c3ccccc3)[C@@H]3[C@]4(OC(C)=O)CO[C@@H]4C[C@H](O)[C@@]3(C)[C@@H](O)[C@H](C)C(=C1C)C2(C)C. The van der Waals surface area contributed by atoms with E-state index < -0.39 is 82.3 Å². The number of aliphatic hydroxyl groups excluding tert-OH is 2. The standard InChI is InChI=1S/C32H42O10/c1-16-21(40-18(3)33)14-32(38)27(41-28(37)20-11-9-8-10-12-20)25-30(7,26(36)17(2)24(16)29(32,5)6)22(35)13-23-31(25,15-39-23)42-19(4)34/h8-12,17,21-23,25-27,35-36,38H,13-15H2,1-7H3/t17-,21+,22+,23-,25+,26+,27+,30-,31+,32-/m1/s1. The van der Waals surface area contributed by atoms with E-state index in [2.05, 4.69) is 0 Å². The first-order valence-electron chi connectivity index (χ1n) is 14.6. The van der Waals surface area contributed by atoms with Gasteiger partial charge in [0.05, 0.1) is 30.3 Å². The lowest BCUT2D eigenvalue weighted by Crippen LogP contribution is -2.81. The highest BCUT2D eigenvalue weighted by atomic mass is 16.6. The van der Waals surface area contributed by atoms with Crippen LogP contribution in [0.15, 0.2) is 41.5 Å². The monoisotopic (exact) mass is 586 g/mol. The summed E-state index contributed by atoms with van der Waals surface area (Å²) in [5, 5.41) is 37.1. The Hall–Kier alpha value is -2.79. The van der Waals surface area contributed by atoms with Crippen molar-refractivity contribution in [1.82, 2.24) is 0 Å². The zero-order valence-corrected chi connectivity index (χ0v) is 25.2. The number of fused-ring (bicyclic) bond motifs is 5. The number of esters is 3. The molecule has 1 heterocycles. The van der Waals surface area contributed by atoms with E-state index in [0.29, 0.717) is 11.1 Å². The third kappa shape index (κ3) is 4.17. The molecule has 2 saturated carbocycles. The number of benzene rings is 1. The van der Waals surface area contributed by atoms with E-state index in [-0.39, 0.29) is 25.0 Å². The zero-order chi connectivity index (χ0) is 31.0. The Kier molecular flexibility index (Phi) is 7.41. The van der Waals surface area contributed by atoms with Gasteiger partial charge in [-0.15, -0.1) is 0 Å². The van der Waals surface area contributed by atoms with Crippen molar-refractivity contribution in [1.29, 1.82) is 0 Å². The van der Waals surface area contributed by atoms with Gasteiger partial charge in [-0.05, 0) is 24.6 Å². The highest BCUT2D eigenvalue weighted by molar-refractivity contribution is 5.89. The van der Waals surface area contributed by atoms with E-state index in [1.807, 2.05) is 27.7 Å². The summed E-state index contributed by atoms with van der Waals surface area (Å²) < 4.78 is 23.9. The van der Waals surface area contributed by atoms with Crippen LogP contribution in [-0.4, -0.2) is 81.6 Å². The second-order valence-electron chi connectivity index (χ2n) is 13.3. The summed E-state index contributed by atoms with van der Waals surface area (Å²) >= 11 is 0. The number of aliphatic hydroxyl groups is 3. The van der Waals surface area contributed by atoms with Crippen molar-refractivity contribution in [2.45, 2.75) is 103 Å². The summed E-state index contributed by atoms with van der Waals surface area (Å²) in [5.41, 5.74) is -4.31. The van der Waals surface area contributed by atoms with E-state index in [1.54, 1.807) is 37.3 Å². The molecule has 3 aliphatic carbocycles. The second kappa shape index (κ2) is 10.1. The van der Waals surface area contributed by atoms with Gasteiger partial charge in [0.25, 0.3) is 0 Å². The summed E-state index contributed by atoms with van der Waals surface area (Å²) in [4.78, 5) is 38.6. The predicted octanol–water partition coefficient (Wildman–Crippen LogP) is 2.72. The number of carbonyl (C=O) groups excluding carboxylic acids is 3. The van der Waals surface area contributed by atoms with Gasteiger partial charge < -0.3 is 34.3 Å². The fourth-order valence-corrected chi connectivity index (χ4v) is 8.72. The molecule has 0 amide bonds. The van der Waals surface area contributed by atoms with Crippen LogP contribution >= 0.6 is 0 Å². The maximum Gasteiger partial charge on any atom is 0.338 e. The van der Waals surface area contributed by atoms with E-state index in [4.69, 9.17) is 18.9 Å². The first kappa shape index (κ1) is 30.7. The topological polar surface area (TPSA) is 149 Å². The van der Waals surface area contributed by atoms with Crippen LogP contribution in [0.3, 0.4) is 0 Å². The molecule has 3 N–H and O–H groups in total. The van der Waals surface area contributed by atoms with Crippen LogP contribution in [-0.2, 0) is 28.5 Å². The molecule has 10 atom stereocenters. The summed E-state index contributed by atoms with van der Waals surface area (Å²) in [6, 6.07) is 8.30. The molecular weight excluding hydrogens is 544 g/mol. The van der Waals surface area contributed by atoms with E-state index in [9.17, 15) is 29.7 Å². The van der Waals surface area contributed by atoms with Gasteiger partial charge in [-0.2, -0.15) is 0 Å². The normalized spacial score (nSPS) is 42.1. The number of rotatable bonds is 4. The molecule has 230 valence electrons. The Morgan fingerprint density at radius 2 is 1.64 bits per heavy atom. The lowest BCUT2D eigenvalue weighted by molar-refractivity contribution is -0.363. The fourth-order valence-electron chi connectivity index (χ4n) is 8.72. The molecule has 10 nitrogen and oxygen atoms in total. The van der Waals surface area contributed by atoms with Crippen molar-refractivity contribution < 1.29 is 48.7 Å². The molecule has 0 radical (unpaired) electrons. The van der Waals surface area contributed by atoms with Gasteiger partial charge in [0.15, 0.2) is 5.60 Å². The maximum atomic E-state index is 13.8. The van der Waals surface area contributed by atoms with Crippen molar-refractivity contribution in [2.75, 3.05) is 6.61 Å². The van der Waals surface area contributed by atoms with Gasteiger partial charge in [-0.25, -0.2) is 4.79 Å². The predicted molar refractivity (Wildman–Crippen MR) is 149 cm³/mol. The van der Waals surface area contributed by atoms with Crippen LogP contribution < -0.4 is 0 Å². The van der Waals surface area contributed by atoms with Crippen LogP contribution in [0, 0.1) is 22.7 Å². The first-order valence-corrected chi connectivity index (χ1v) is 14.6. The maximum absolute atomic E-state index is 13.8. The molecule has 3 fully saturated rings. The second-order valence-corrected chi connectivity index (χ2v) is 13.3. The number of hydrogen-bond acceptors (Lipinski definition) is 10. The average molecular weight is 587 g/mol. The van der Waals surface area contributed by atoms with Crippen molar-refractivity contribution >= 4 is 17.9 Å². The molecule has 2 bridgehead atoms. The fraction of sp³-hybridized carbons (Fsp3) is 0.656. The molecule has 5 rings (SSSR count). The van der Waals surface area contributed by atoms with Crippen molar-refractivity contribution in [3.8, 4) is 0 Å². The summed E-state index contributed by atoms with van der Waals surface area (Å²) in [5.74, 6) is -3.63. The Balaban J connectivity index is 1.82. The summed E-state index contributed by atoms with van der Waals surface area (Å²) in [6.07, 6.45) is -5.54. The largest absolute Gasteiger partial charge is 0.458 e. The number of ether oxygens (including phenoxy) is 4. The van der Waals surface area contributed by atoms with Gasteiger partial charge in [0.1, 0.15) is 23.9 Å². The van der Waals surface area contributed by atoms with E-state index in [1.165, 1.54) is 13.8 Å². The smallest absolute Gasteiger partial charge is 0.338 e. The van der Waals surface area contributed by atoms with Crippen molar-refractivity contribution in [3.63, 3.8) is 0 Å². The molecule has 1 aromatic rings. The quantitative estimate of drug-likeness (QED) is 0.273. The third-order valence-electron chi connectivity index (χ3n) is 10.8. The average Bonchev–Trinajstić information content (AvgIpc) is 2.90. The van der Waals surface area contributed by atoms with Gasteiger partial charge in [0, 0.05) is 43.4 Å². The minimum atomic E-state index is -1.91. The van der Waals surface area contributed by atoms with Gasteiger partial charge in [-0.1, -0.05) is 51.5 Å². The minimum absolute atomic E-state index is 0.0688. The third-order valence-corrected chi connectivity index (χ3v) is 10.8. The van der Waals surface area contributed by atoms with Gasteiger partial charge in [-0.3, -0.25) is 9.59 Å². The Morgan fingerprint density at radius 3 is 2.19 bits per heavy atom. The molecule has 0 spiro atoms. The van der Waals surface area contributed by atoms with E-state index >= 15 is 0 Å². The molecule has 42 heavy (non-hydrogen) atoms. The summed E-state index contributed by atoms with van der Waals surface area (Å²) in [7, 11) is 0. The Bertz CT molecular complexity index is 1310. The van der Waals surface area contributed by atoms with Gasteiger partial charge in [0.2, 0.25) is 0 Å². The summed E-state index contributed by atoms with van der Waals surface area (Å²) in [6.45, 7) is 11.4. The number of hydrogen-bond donors (Lipinski definition) is 3. The lowest BCUT2D eigenvalue weighted by Gasteiger charge is -2.69. The van der Waals surface area contributed by atoms with E-state index in [0.717, 1.165) is 0 Å². The van der Waals surface area contributed by atoms with Gasteiger partial charge >= 0.3 is 17.9 Å². The molecule has 1 saturated heterocycles. The highest BCUT2D eigenvalue weighted by Crippen LogP contribution is 2.65. The molecule has 4 aliphatic rings. The lowest BCUT2D eigenvalue weighted by atomic mass is 9.43. The Morgan fingerprint density at radius 1 is 1.00 bits per heavy atom. The van der Waals surface area contributed by atoms with Crippen molar-refractivity contribution in [3.05, 3.63) is 47.0 Å². The van der Waals surface area contributed by atoms with Crippen molar-refractivity contribution in [2.24, 2.45) is 22.7 Å². The first-order chi connectivity index (χ1) is 19.5. The molecule has 0 aromatic heterocycles. The van der Waals surface area contributed by atoms with Crippen LogP contribution in [0.4, 0.5) is 0 Å².